The third-order valence-electron chi connectivity index (χ3n) is 3.64. The predicted octanol–water partition coefficient (Wildman–Crippen LogP) is 4.87. The van der Waals surface area contributed by atoms with Gasteiger partial charge < -0.3 is 15.4 Å². The third-order valence-corrected chi connectivity index (χ3v) is 4.47. The van der Waals surface area contributed by atoms with Crippen molar-refractivity contribution in [1.29, 1.82) is 0 Å². The van der Waals surface area contributed by atoms with E-state index < -0.39 is 11.9 Å². The molecule has 1 aromatic heterocycles. The zero-order valence-electron chi connectivity index (χ0n) is 16.4. The average Bonchev–Trinajstić information content (AvgIpc) is 3.14. The fraction of sp³-hybridized carbons (Fsp3) is 0.474. The van der Waals surface area contributed by atoms with Crippen LogP contribution >= 0.6 is 35.3 Å². The van der Waals surface area contributed by atoms with Crippen LogP contribution in [0.3, 0.4) is 0 Å². The highest BCUT2D eigenvalue weighted by atomic mass is 127. The number of halogens is 4. The normalized spacial score (nSPS) is 11.7. The van der Waals surface area contributed by atoms with Crippen molar-refractivity contribution in [3.05, 3.63) is 45.9 Å². The molecule has 0 unspecified atom stereocenters. The number of aliphatic imine (C=N–C) groups is 1. The Morgan fingerprint density at radius 3 is 2.69 bits per heavy atom. The summed E-state index contributed by atoms with van der Waals surface area (Å²) in [4.78, 5) is 7.91. The highest BCUT2D eigenvalue weighted by Gasteiger charge is 2.33. The van der Waals surface area contributed by atoms with Crippen LogP contribution in [-0.4, -0.2) is 30.6 Å². The van der Waals surface area contributed by atoms with E-state index in [-0.39, 0.29) is 30.5 Å². The molecule has 0 fully saturated rings. The van der Waals surface area contributed by atoms with Crippen molar-refractivity contribution >= 4 is 41.3 Å². The molecule has 5 nitrogen and oxygen atoms in total. The van der Waals surface area contributed by atoms with Gasteiger partial charge in [0.05, 0.1) is 13.2 Å². The van der Waals surface area contributed by atoms with Crippen molar-refractivity contribution in [3.63, 3.8) is 0 Å². The number of rotatable bonds is 9. The summed E-state index contributed by atoms with van der Waals surface area (Å²) >= 11 is 0.958. The Bertz CT molecular complexity index is 768. The highest BCUT2D eigenvalue weighted by Crippen LogP contribution is 2.30. The maximum atomic E-state index is 12.6. The van der Waals surface area contributed by atoms with E-state index in [1.807, 2.05) is 31.2 Å². The summed E-state index contributed by atoms with van der Waals surface area (Å²) < 4.78 is 43.5. The number of benzene rings is 1. The van der Waals surface area contributed by atoms with Crippen molar-refractivity contribution < 1.29 is 17.9 Å². The summed E-state index contributed by atoms with van der Waals surface area (Å²) in [7, 11) is 0. The van der Waals surface area contributed by atoms with Crippen LogP contribution in [0.5, 0.6) is 5.75 Å². The van der Waals surface area contributed by atoms with Gasteiger partial charge in [0.1, 0.15) is 10.8 Å². The fourth-order valence-electron chi connectivity index (χ4n) is 2.34. The summed E-state index contributed by atoms with van der Waals surface area (Å²) in [5.74, 6) is 1.40. The summed E-state index contributed by atoms with van der Waals surface area (Å²) in [5, 5.41) is 7.61. The molecule has 10 heteroatoms. The van der Waals surface area contributed by atoms with E-state index in [0.29, 0.717) is 30.7 Å². The van der Waals surface area contributed by atoms with Gasteiger partial charge in [-0.15, -0.1) is 35.3 Å². The van der Waals surface area contributed by atoms with Crippen LogP contribution in [0.2, 0.25) is 0 Å². The second-order valence-corrected chi connectivity index (χ2v) is 6.93. The molecule has 0 saturated carbocycles. The lowest BCUT2D eigenvalue weighted by atomic mass is 10.1. The van der Waals surface area contributed by atoms with Gasteiger partial charge in [0, 0.05) is 18.5 Å². The molecule has 0 radical (unpaired) electrons. The quantitative estimate of drug-likeness (QED) is 0.270. The van der Waals surface area contributed by atoms with Crippen LogP contribution in [-0.2, 0) is 19.1 Å². The number of nitrogens with one attached hydrogen (secondary N) is 2. The molecule has 2 aromatic rings. The Morgan fingerprint density at radius 1 is 1.24 bits per heavy atom. The molecule has 0 atom stereocenters. The molecule has 0 spiro atoms. The first kappa shape index (κ1) is 25.5. The second kappa shape index (κ2) is 12.9. The zero-order chi connectivity index (χ0) is 20.4. The number of hydrogen-bond acceptors (Lipinski definition) is 4. The summed E-state index contributed by atoms with van der Waals surface area (Å²) in [6.45, 7) is 6.05. The smallest absolute Gasteiger partial charge is 0.434 e. The SMILES string of the molecule is CCCOc1cccc(CCNC(=NCc2nc(C(F)(F)F)cs2)NCC)c1.I. The molecule has 0 bridgehead atoms. The summed E-state index contributed by atoms with van der Waals surface area (Å²) in [6.07, 6.45) is -2.70. The standard InChI is InChI=1S/C19H25F3N4OS.HI/c1-3-10-27-15-7-5-6-14(11-15)8-9-24-18(23-4-2)25-12-17-26-16(13-28-17)19(20,21)22;/h5-7,11,13H,3-4,8-10,12H2,1-2H3,(H2,23,24,25);1H. The van der Waals surface area contributed by atoms with E-state index >= 15 is 0 Å². The molecular formula is C19H26F3IN4OS. The molecule has 0 amide bonds. The number of hydrogen-bond donors (Lipinski definition) is 2. The molecule has 1 heterocycles. The van der Waals surface area contributed by atoms with Gasteiger partial charge in [0.2, 0.25) is 0 Å². The van der Waals surface area contributed by atoms with E-state index in [1.165, 1.54) is 0 Å². The van der Waals surface area contributed by atoms with E-state index in [4.69, 9.17) is 4.74 Å². The molecule has 162 valence electrons. The number of thiazole rings is 1. The first-order valence-electron chi connectivity index (χ1n) is 9.18. The molecule has 0 aliphatic carbocycles. The van der Waals surface area contributed by atoms with Gasteiger partial charge in [0.25, 0.3) is 0 Å². The minimum atomic E-state index is -4.42. The van der Waals surface area contributed by atoms with Gasteiger partial charge in [-0.05, 0) is 37.5 Å². The van der Waals surface area contributed by atoms with Crippen LogP contribution in [0, 0.1) is 0 Å². The van der Waals surface area contributed by atoms with Crippen molar-refractivity contribution in [3.8, 4) is 5.75 Å². The van der Waals surface area contributed by atoms with Crippen molar-refractivity contribution in [1.82, 2.24) is 15.6 Å². The van der Waals surface area contributed by atoms with Gasteiger partial charge in [-0.1, -0.05) is 19.1 Å². The van der Waals surface area contributed by atoms with E-state index in [2.05, 4.69) is 27.5 Å². The van der Waals surface area contributed by atoms with E-state index in [1.54, 1.807) is 0 Å². The molecule has 29 heavy (non-hydrogen) atoms. The number of guanidine groups is 1. The first-order chi connectivity index (χ1) is 13.4. The summed E-state index contributed by atoms with van der Waals surface area (Å²) in [5.41, 5.74) is 0.262. The minimum absolute atomic E-state index is 0. The topological polar surface area (TPSA) is 58.5 Å². The highest BCUT2D eigenvalue weighted by molar-refractivity contribution is 14.0. The molecule has 2 rings (SSSR count). The minimum Gasteiger partial charge on any atom is -0.494 e. The van der Waals surface area contributed by atoms with Crippen molar-refractivity contribution in [2.24, 2.45) is 4.99 Å². The average molecular weight is 542 g/mol. The lowest BCUT2D eigenvalue weighted by Gasteiger charge is -2.11. The molecule has 0 aliphatic heterocycles. The predicted molar refractivity (Wildman–Crippen MR) is 121 cm³/mol. The lowest BCUT2D eigenvalue weighted by molar-refractivity contribution is -0.140. The molecule has 2 N–H and O–H groups in total. The second-order valence-electron chi connectivity index (χ2n) is 5.99. The Hall–Kier alpha value is -1.56. The maximum Gasteiger partial charge on any atom is 0.434 e. The fourth-order valence-corrected chi connectivity index (χ4v) is 3.06. The Balaban J connectivity index is 0.00000420. The lowest BCUT2D eigenvalue weighted by Crippen LogP contribution is -2.38. The Kier molecular flexibility index (Phi) is 11.3. The van der Waals surface area contributed by atoms with Gasteiger partial charge in [-0.2, -0.15) is 13.2 Å². The van der Waals surface area contributed by atoms with E-state index in [9.17, 15) is 13.2 Å². The molecule has 0 aliphatic rings. The number of alkyl halides is 3. The van der Waals surface area contributed by atoms with Gasteiger partial charge in [-0.25, -0.2) is 9.98 Å². The van der Waals surface area contributed by atoms with Gasteiger partial charge >= 0.3 is 6.18 Å². The van der Waals surface area contributed by atoms with Crippen LogP contribution in [0.25, 0.3) is 0 Å². The van der Waals surface area contributed by atoms with Crippen molar-refractivity contribution in [2.45, 2.75) is 39.4 Å². The largest absolute Gasteiger partial charge is 0.494 e. The first-order valence-corrected chi connectivity index (χ1v) is 10.1. The monoisotopic (exact) mass is 542 g/mol. The number of ether oxygens (including phenoxy) is 1. The third kappa shape index (κ3) is 9.20. The van der Waals surface area contributed by atoms with Gasteiger partial charge in [0.15, 0.2) is 11.7 Å². The Morgan fingerprint density at radius 2 is 2.03 bits per heavy atom. The van der Waals surface area contributed by atoms with Crippen LogP contribution < -0.4 is 15.4 Å². The summed E-state index contributed by atoms with van der Waals surface area (Å²) in [6, 6.07) is 7.93. The van der Waals surface area contributed by atoms with Gasteiger partial charge in [-0.3, -0.25) is 0 Å². The van der Waals surface area contributed by atoms with E-state index in [0.717, 1.165) is 40.9 Å². The van der Waals surface area contributed by atoms with Crippen LogP contribution in [0.1, 0.15) is 36.5 Å². The van der Waals surface area contributed by atoms with Crippen LogP contribution in [0.15, 0.2) is 34.6 Å². The van der Waals surface area contributed by atoms with Crippen molar-refractivity contribution in [2.75, 3.05) is 19.7 Å². The molecular weight excluding hydrogens is 516 g/mol. The zero-order valence-corrected chi connectivity index (χ0v) is 19.5. The molecule has 0 saturated heterocycles. The van der Waals surface area contributed by atoms with Crippen LogP contribution in [0.4, 0.5) is 13.2 Å². The molecule has 1 aromatic carbocycles. The maximum absolute atomic E-state index is 12.6. The number of aromatic nitrogens is 1. The Labute approximate surface area is 190 Å². The number of nitrogens with zero attached hydrogens (tertiary/aromatic N) is 2.